The minimum atomic E-state index is 0.576. The monoisotopic (exact) mass is 303 g/mol. The molecule has 0 bridgehead atoms. The van der Waals surface area contributed by atoms with Gasteiger partial charge in [-0.05, 0) is 32.8 Å². The number of rotatable bonds is 4. The van der Waals surface area contributed by atoms with E-state index in [-0.39, 0.29) is 0 Å². The smallest absolute Gasteiger partial charge is 0.225 e. The van der Waals surface area contributed by atoms with E-state index in [1.807, 2.05) is 18.5 Å². The molecule has 2 aromatic rings. The van der Waals surface area contributed by atoms with Crippen molar-refractivity contribution in [2.75, 3.05) is 18.0 Å². The van der Waals surface area contributed by atoms with Crippen molar-refractivity contribution in [2.24, 2.45) is 0 Å². The number of aryl methyl sites for hydroxylation is 2. The number of nitrogens with zero attached hydrogens (tertiary/aromatic N) is 4. The van der Waals surface area contributed by atoms with Gasteiger partial charge in [-0.2, -0.15) is 0 Å². The second kappa shape index (κ2) is 6.49. The van der Waals surface area contributed by atoms with Crippen LogP contribution in [0.5, 0.6) is 0 Å². The van der Waals surface area contributed by atoms with E-state index in [9.17, 15) is 0 Å². The molecule has 6 heteroatoms. The van der Waals surface area contributed by atoms with Crippen LogP contribution in [0.4, 0.5) is 5.95 Å². The molecule has 1 fully saturated rings. The molecule has 0 radical (unpaired) electrons. The summed E-state index contributed by atoms with van der Waals surface area (Å²) >= 11 is 1.80. The summed E-state index contributed by atoms with van der Waals surface area (Å²) in [6, 6.07) is 2.43. The molecule has 112 valence electrons. The van der Waals surface area contributed by atoms with Crippen LogP contribution in [0.2, 0.25) is 0 Å². The van der Waals surface area contributed by atoms with E-state index in [2.05, 4.69) is 39.0 Å². The molecule has 1 N–H and O–H groups in total. The summed E-state index contributed by atoms with van der Waals surface area (Å²) in [7, 11) is 0. The standard InChI is InChI=1S/C15H21N5S/c1-11-14(21-12(2)19-11)10-18-13-4-8-20(9-5-13)15-16-6-3-7-17-15/h3,6-7,13,18H,4-5,8-10H2,1-2H3. The van der Waals surface area contributed by atoms with E-state index in [0.717, 1.165) is 43.4 Å². The van der Waals surface area contributed by atoms with E-state index in [1.54, 1.807) is 11.3 Å². The number of anilines is 1. The summed E-state index contributed by atoms with van der Waals surface area (Å²) in [5.41, 5.74) is 1.17. The quantitative estimate of drug-likeness (QED) is 0.939. The molecule has 0 unspecified atom stereocenters. The van der Waals surface area contributed by atoms with Crippen molar-refractivity contribution in [3.8, 4) is 0 Å². The van der Waals surface area contributed by atoms with Crippen LogP contribution in [0, 0.1) is 13.8 Å². The van der Waals surface area contributed by atoms with Crippen molar-refractivity contribution in [1.29, 1.82) is 0 Å². The van der Waals surface area contributed by atoms with Gasteiger partial charge < -0.3 is 10.2 Å². The largest absolute Gasteiger partial charge is 0.341 e. The first kappa shape index (κ1) is 14.4. The number of hydrogen-bond donors (Lipinski definition) is 1. The topological polar surface area (TPSA) is 53.9 Å². The van der Waals surface area contributed by atoms with Gasteiger partial charge in [0.1, 0.15) is 0 Å². The van der Waals surface area contributed by atoms with Gasteiger partial charge in [0.05, 0.1) is 10.7 Å². The molecular formula is C15H21N5S. The van der Waals surface area contributed by atoms with Gasteiger partial charge in [0, 0.05) is 42.9 Å². The SMILES string of the molecule is Cc1nc(C)c(CNC2CCN(c3ncccn3)CC2)s1. The average Bonchev–Trinajstić information content (AvgIpc) is 2.84. The van der Waals surface area contributed by atoms with Crippen molar-refractivity contribution >= 4 is 17.3 Å². The molecule has 5 nitrogen and oxygen atoms in total. The van der Waals surface area contributed by atoms with Crippen molar-refractivity contribution in [3.63, 3.8) is 0 Å². The summed E-state index contributed by atoms with van der Waals surface area (Å²) < 4.78 is 0. The molecular weight excluding hydrogens is 282 g/mol. The lowest BCUT2D eigenvalue weighted by Crippen LogP contribution is -2.42. The van der Waals surface area contributed by atoms with Gasteiger partial charge in [-0.15, -0.1) is 11.3 Å². The van der Waals surface area contributed by atoms with E-state index >= 15 is 0 Å². The first-order valence-electron chi connectivity index (χ1n) is 7.40. The predicted molar refractivity (Wildman–Crippen MR) is 85.7 cm³/mol. The maximum Gasteiger partial charge on any atom is 0.225 e. The molecule has 0 aromatic carbocycles. The van der Waals surface area contributed by atoms with E-state index in [0.29, 0.717) is 6.04 Å². The lowest BCUT2D eigenvalue weighted by molar-refractivity contribution is 0.412. The van der Waals surface area contributed by atoms with Crippen molar-refractivity contribution in [1.82, 2.24) is 20.3 Å². The molecule has 3 heterocycles. The Morgan fingerprint density at radius 2 is 1.95 bits per heavy atom. The molecule has 0 amide bonds. The first-order valence-corrected chi connectivity index (χ1v) is 8.22. The highest BCUT2D eigenvalue weighted by atomic mass is 32.1. The Morgan fingerprint density at radius 3 is 2.57 bits per heavy atom. The molecule has 2 aromatic heterocycles. The normalized spacial score (nSPS) is 16.4. The zero-order valence-electron chi connectivity index (χ0n) is 12.5. The molecule has 3 rings (SSSR count). The Labute approximate surface area is 129 Å². The maximum atomic E-state index is 4.48. The number of thiazole rings is 1. The molecule has 1 saturated heterocycles. The van der Waals surface area contributed by atoms with Crippen molar-refractivity contribution < 1.29 is 0 Å². The maximum absolute atomic E-state index is 4.48. The fourth-order valence-electron chi connectivity index (χ4n) is 2.71. The van der Waals surface area contributed by atoms with Crippen LogP contribution in [0.25, 0.3) is 0 Å². The molecule has 0 atom stereocenters. The third-order valence-electron chi connectivity index (χ3n) is 3.88. The van der Waals surface area contributed by atoms with Crippen LogP contribution in [0.15, 0.2) is 18.5 Å². The Bertz CT molecular complexity index is 575. The molecule has 1 aliphatic heterocycles. The Kier molecular flexibility index (Phi) is 4.45. The lowest BCUT2D eigenvalue weighted by atomic mass is 10.1. The Morgan fingerprint density at radius 1 is 1.24 bits per heavy atom. The van der Waals surface area contributed by atoms with Gasteiger partial charge in [-0.25, -0.2) is 15.0 Å². The van der Waals surface area contributed by atoms with Crippen LogP contribution >= 0.6 is 11.3 Å². The highest BCUT2D eigenvalue weighted by Gasteiger charge is 2.20. The van der Waals surface area contributed by atoms with Crippen LogP contribution in [-0.2, 0) is 6.54 Å². The molecule has 21 heavy (non-hydrogen) atoms. The number of piperidine rings is 1. The van der Waals surface area contributed by atoms with Crippen LogP contribution in [0.1, 0.15) is 28.4 Å². The van der Waals surface area contributed by atoms with E-state index in [1.165, 1.54) is 10.6 Å². The van der Waals surface area contributed by atoms with Crippen LogP contribution < -0.4 is 10.2 Å². The van der Waals surface area contributed by atoms with E-state index in [4.69, 9.17) is 0 Å². The van der Waals surface area contributed by atoms with Gasteiger partial charge in [-0.3, -0.25) is 0 Å². The summed E-state index contributed by atoms with van der Waals surface area (Å²) in [6.07, 6.45) is 5.88. The van der Waals surface area contributed by atoms with Gasteiger partial charge in [0.25, 0.3) is 0 Å². The Hall–Kier alpha value is -1.53. The minimum Gasteiger partial charge on any atom is -0.341 e. The zero-order valence-corrected chi connectivity index (χ0v) is 13.4. The number of aromatic nitrogens is 3. The lowest BCUT2D eigenvalue weighted by Gasteiger charge is -2.32. The van der Waals surface area contributed by atoms with Crippen molar-refractivity contribution in [2.45, 2.75) is 39.3 Å². The highest BCUT2D eigenvalue weighted by Crippen LogP contribution is 2.19. The molecule has 0 saturated carbocycles. The molecule has 0 spiro atoms. The second-order valence-electron chi connectivity index (χ2n) is 5.43. The number of hydrogen-bond acceptors (Lipinski definition) is 6. The molecule has 0 aliphatic carbocycles. The minimum absolute atomic E-state index is 0.576. The zero-order chi connectivity index (χ0) is 14.7. The highest BCUT2D eigenvalue weighted by molar-refractivity contribution is 7.11. The Balaban J connectivity index is 1.49. The van der Waals surface area contributed by atoms with Gasteiger partial charge >= 0.3 is 0 Å². The van der Waals surface area contributed by atoms with Crippen LogP contribution in [0.3, 0.4) is 0 Å². The van der Waals surface area contributed by atoms with E-state index < -0.39 is 0 Å². The molecule has 1 aliphatic rings. The fourth-order valence-corrected chi connectivity index (χ4v) is 3.60. The van der Waals surface area contributed by atoms with Crippen LogP contribution in [-0.4, -0.2) is 34.1 Å². The summed E-state index contributed by atoms with van der Waals surface area (Å²) in [5, 5.41) is 4.82. The third-order valence-corrected chi connectivity index (χ3v) is 4.95. The summed E-state index contributed by atoms with van der Waals surface area (Å²) in [6.45, 7) is 7.13. The van der Waals surface area contributed by atoms with Crippen molar-refractivity contribution in [3.05, 3.63) is 34.0 Å². The average molecular weight is 303 g/mol. The fraction of sp³-hybridized carbons (Fsp3) is 0.533. The summed E-state index contributed by atoms with van der Waals surface area (Å²) in [4.78, 5) is 16.8. The second-order valence-corrected chi connectivity index (χ2v) is 6.72. The first-order chi connectivity index (χ1) is 10.2. The third kappa shape index (κ3) is 3.57. The summed E-state index contributed by atoms with van der Waals surface area (Å²) in [5.74, 6) is 0.852. The predicted octanol–water partition coefficient (Wildman–Crippen LogP) is 2.31. The van der Waals surface area contributed by atoms with Gasteiger partial charge in [-0.1, -0.05) is 0 Å². The van der Waals surface area contributed by atoms with Gasteiger partial charge in [0.2, 0.25) is 5.95 Å². The number of nitrogens with one attached hydrogen (secondary N) is 1. The van der Waals surface area contributed by atoms with Gasteiger partial charge in [0.15, 0.2) is 0 Å².